The van der Waals surface area contributed by atoms with Gasteiger partial charge in [-0.3, -0.25) is 0 Å². The molecule has 3 heteroatoms. The summed E-state index contributed by atoms with van der Waals surface area (Å²) < 4.78 is 5.90. The molecule has 0 spiro atoms. The molecular weight excluding hydrogens is 336 g/mol. The van der Waals surface area contributed by atoms with Crippen LogP contribution in [0.1, 0.15) is 16.7 Å². The Labute approximate surface area is 156 Å². The van der Waals surface area contributed by atoms with Crippen LogP contribution in [0.4, 0.5) is 0 Å². The highest BCUT2D eigenvalue weighted by Gasteiger charge is 2.23. The summed E-state index contributed by atoms with van der Waals surface area (Å²) in [5.74, 6) is 0.739. The Kier molecular flexibility index (Phi) is 3.37. The van der Waals surface area contributed by atoms with Gasteiger partial charge in [-0.15, -0.1) is 0 Å². The first kappa shape index (κ1) is 15.8. The van der Waals surface area contributed by atoms with Crippen LogP contribution in [0.25, 0.3) is 27.6 Å². The van der Waals surface area contributed by atoms with E-state index in [-0.39, 0.29) is 11.5 Å². The SMILES string of the molecule is Cc1c2ccccc2c(C=C2Cc3ccc(O)c(O)c3O2)c2ccccc12. The van der Waals surface area contributed by atoms with Crippen LogP contribution in [-0.4, -0.2) is 10.2 Å². The Morgan fingerprint density at radius 1 is 0.815 bits per heavy atom. The number of aromatic hydroxyl groups is 2. The van der Waals surface area contributed by atoms with Crippen molar-refractivity contribution in [1.82, 2.24) is 0 Å². The Balaban J connectivity index is 1.75. The van der Waals surface area contributed by atoms with Crippen molar-refractivity contribution in [3.8, 4) is 17.2 Å². The number of benzene rings is 4. The maximum atomic E-state index is 10.1. The lowest BCUT2D eigenvalue weighted by molar-refractivity contribution is 0.368. The summed E-state index contributed by atoms with van der Waals surface area (Å²) in [4.78, 5) is 0. The summed E-state index contributed by atoms with van der Waals surface area (Å²) in [7, 11) is 0. The zero-order valence-electron chi connectivity index (χ0n) is 14.9. The molecule has 0 unspecified atom stereocenters. The number of fused-ring (bicyclic) bond motifs is 3. The number of rotatable bonds is 1. The van der Waals surface area contributed by atoms with Gasteiger partial charge in [0, 0.05) is 12.0 Å². The molecule has 4 aromatic rings. The third-order valence-electron chi connectivity index (χ3n) is 5.34. The van der Waals surface area contributed by atoms with Gasteiger partial charge in [-0.1, -0.05) is 54.6 Å². The van der Waals surface area contributed by atoms with E-state index < -0.39 is 0 Å². The van der Waals surface area contributed by atoms with Gasteiger partial charge in [0.25, 0.3) is 0 Å². The Hall–Kier alpha value is -3.46. The molecule has 0 radical (unpaired) electrons. The van der Waals surface area contributed by atoms with E-state index in [9.17, 15) is 10.2 Å². The van der Waals surface area contributed by atoms with Crippen LogP contribution in [0, 0.1) is 6.92 Å². The molecule has 0 fully saturated rings. The molecule has 0 bridgehead atoms. The van der Waals surface area contributed by atoms with Gasteiger partial charge in [0.05, 0.1) is 0 Å². The molecule has 132 valence electrons. The molecule has 0 aromatic heterocycles. The molecule has 1 aliphatic rings. The highest BCUT2D eigenvalue weighted by molar-refractivity contribution is 6.09. The largest absolute Gasteiger partial charge is 0.504 e. The average molecular weight is 354 g/mol. The summed E-state index contributed by atoms with van der Waals surface area (Å²) in [6.07, 6.45) is 2.64. The number of aryl methyl sites for hydroxylation is 1. The third-order valence-corrected chi connectivity index (χ3v) is 5.34. The minimum Gasteiger partial charge on any atom is -0.504 e. The molecule has 3 nitrogen and oxygen atoms in total. The second-order valence-electron chi connectivity index (χ2n) is 6.94. The van der Waals surface area contributed by atoms with Gasteiger partial charge in [0.1, 0.15) is 5.76 Å². The molecule has 1 aliphatic heterocycles. The molecule has 5 rings (SSSR count). The molecule has 0 aliphatic carbocycles. The van der Waals surface area contributed by atoms with Gasteiger partial charge in [0.15, 0.2) is 11.5 Å². The van der Waals surface area contributed by atoms with Crippen LogP contribution in [0.3, 0.4) is 0 Å². The molecule has 1 heterocycles. The normalized spacial score (nSPS) is 14.6. The van der Waals surface area contributed by atoms with Crippen molar-refractivity contribution < 1.29 is 14.9 Å². The van der Waals surface area contributed by atoms with Crippen molar-refractivity contribution in [2.24, 2.45) is 0 Å². The van der Waals surface area contributed by atoms with Crippen molar-refractivity contribution in [2.75, 3.05) is 0 Å². The topological polar surface area (TPSA) is 49.7 Å². The minimum atomic E-state index is -0.200. The maximum Gasteiger partial charge on any atom is 0.201 e. The smallest absolute Gasteiger partial charge is 0.201 e. The Bertz CT molecular complexity index is 1190. The first-order valence-corrected chi connectivity index (χ1v) is 8.96. The van der Waals surface area contributed by atoms with Crippen LogP contribution in [0.5, 0.6) is 17.2 Å². The summed E-state index contributed by atoms with van der Waals surface area (Å²) in [5, 5.41) is 24.6. The first-order chi connectivity index (χ1) is 13.1. The third kappa shape index (κ3) is 2.36. The lowest BCUT2D eigenvalue weighted by Crippen LogP contribution is -1.92. The van der Waals surface area contributed by atoms with Crippen molar-refractivity contribution in [2.45, 2.75) is 13.3 Å². The van der Waals surface area contributed by atoms with Crippen LogP contribution >= 0.6 is 0 Å². The van der Waals surface area contributed by atoms with E-state index in [1.807, 2.05) is 12.1 Å². The zero-order chi connectivity index (χ0) is 18.5. The van der Waals surface area contributed by atoms with Gasteiger partial charge < -0.3 is 14.9 Å². The quantitative estimate of drug-likeness (QED) is 0.341. The van der Waals surface area contributed by atoms with Gasteiger partial charge in [0.2, 0.25) is 5.75 Å². The zero-order valence-corrected chi connectivity index (χ0v) is 14.9. The number of ether oxygens (including phenoxy) is 1. The fourth-order valence-corrected chi connectivity index (χ4v) is 3.99. The highest BCUT2D eigenvalue weighted by atomic mass is 16.5. The minimum absolute atomic E-state index is 0.166. The Morgan fingerprint density at radius 3 is 2.04 bits per heavy atom. The van der Waals surface area contributed by atoms with E-state index >= 15 is 0 Å². The van der Waals surface area contributed by atoms with Gasteiger partial charge >= 0.3 is 0 Å². The number of hydrogen-bond acceptors (Lipinski definition) is 3. The van der Waals surface area contributed by atoms with Gasteiger partial charge in [-0.2, -0.15) is 0 Å². The summed E-state index contributed by atoms with van der Waals surface area (Å²) in [5.41, 5.74) is 3.25. The lowest BCUT2D eigenvalue weighted by Gasteiger charge is -2.13. The van der Waals surface area contributed by atoms with E-state index in [0.717, 1.165) is 16.9 Å². The molecule has 0 amide bonds. The van der Waals surface area contributed by atoms with Crippen molar-refractivity contribution in [3.63, 3.8) is 0 Å². The fraction of sp³-hybridized carbons (Fsp3) is 0.0833. The lowest BCUT2D eigenvalue weighted by atomic mass is 9.92. The second-order valence-corrected chi connectivity index (χ2v) is 6.94. The summed E-state index contributed by atoms with van der Waals surface area (Å²) in [6, 6.07) is 20.1. The maximum absolute atomic E-state index is 10.1. The molecule has 0 atom stereocenters. The second kappa shape index (κ2) is 5.78. The average Bonchev–Trinajstić information content (AvgIpc) is 3.12. The summed E-state index contributed by atoms with van der Waals surface area (Å²) in [6.45, 7) is 2.16. The van der Waals surface area contributed by atoms with Gasteiger partial charge in [-0.25, -0.2) is 0 Å². The molecule has 0 saturated carbocycles. The standard InChI is InChI=1S/C24H18O3/c1-14-17-6-2-4-8-19(17)21(20-9-5-3-7-18(14)20)13-16-12-15-10-11-22(25)23(26)24(15)27-16/h2-11,13,25-26H,12H2,1H3. The predicted molar refractivity (Wildman–Crippen MR) is 108 cm³/mol. The van der Waals surface area contributed by atoms with Crippen molar-refractivity contribution in [3.05, 3.63) is 83.1 Å². The van der Waals surface area contributed by atoms with E-state index in [2.05, 4.69) is 49.4 Å². The van der Waals surface area contributed by atoms with Crippen LogP contribution in [0.15, 0.2) is 66.4 Å². The predicted octanol–water partition coefficient (Wildman–Crippen LogP) is 5.69. The molecule has 27 heavy (non-hydrogen) atoms. The van der Waals surface area contributed by atoms with E-state index in [1.54, 1.807) is 6.07 Å². The molecule has 0 saturated heterocycles. The number of hydrogen-bond donors (Lipinski definition) is 2. The first-order valence-electron chi connectivity index (χ1n) is 8.96. The molecule has 4 aromatic carbocycles. The van der Waals surface area contributed by atoms with E-state index in [4.69, 9.17) is 4.74 Å². The molecule has 2 N–H and O–H groups in total. The van der Waals surface area contributed by atoms with Crippen LogP contribution < -0.4 is 4.74 Å². The monoisotopic (exact) mass is 354 g/mol. The van der Waals surface area contributed by atoms with Gasteiger partial charge in [-0.05, 0) is 51.7 Å². The molecular formula is C24H18O3. The Morgan fingerprint density at radius 2 is 1.41 bits per heavy atom. The van der Waals surface area contributed by atoms with E-state index in [0.29, 0.717) is 12.2 Å². The van der Waals surface area contributed by atoms with Crippen LogP contribution in [0.2, 0.25) is 0 Å². The number of phenolic OH excluding ortho intramolecular Hbond substituents is 2. The summed E-state index contributed by atoms with van der Waals surface area (Å²) >= 11 is 0. The van der Waals surface area contributed by atoms with E-state index in [1.165, 1.54) is 33.2 Å². The van der Waals surface area contributed by atoms with Crippen LogP contribution in [-0.2, 0) is 6.42 Å². The van der Waals surface area contributed by atoms with Crippen molar-refractivity contribution >= 4 is 27.6 Å². The highest BCUT2D eigenvalue weighted by Crippen LogP contribution is 2.45. The van der Waals surface area contributed by atoms with Crippen molar-refractivity contribution in [1.29, 1.82) is 0 Å². The number of phenols is 2. The fourth-order valence-electron chi connectivity index (χ4n) is 3.99. The number of allylic oxidation sites excluding steroid dienone is 1.